The van der Waals surface area contributed by atoms with E-state index >= 15 is 8.78 Å². The van der Waals surface area contributed by atoms with Gasteiger partial charge in [0.05, 0.1) is 44.4 Å². The summed E-state index contributed by atoms with van der Waals surface area (Å²) in [7, 11) is 0. The fourth-order valence-electron chi connectivity index (χ4n) is 4.90. The first kappa shape index (κ1) is 27.7. The number of alkyl halides is 2. The first-order valence-electron chi connectivity index (χ1n) is 13.2. The fraction of sp³-hybridized carbons (Fsp3) is 0.161. The van der Waals surface area contributed by atoms with Gasteiger partial charge in [-0.2, -0.15) is 5.10 Å². The number of carbonyl (C=O) groups is 2. The van der Waals surface area contributed by atoms with E-state index in [0.717, 1.165) is 22.0 Å². The van der Waals surface area contributed by atoms with Gasteiger partial charge in [-0.05, 0) is 49.4 Å². The molecule has 3 aromatic carbocycles. The number of nitrogens with one attached hydrogen (secondary N) is 1. The molecule has 212 valence electrons. The maximum absolute atomic E-state index is 15.6. The van der Waals surface area contributed by atoms with Crippen molar-refractivity contribution in [2.75, 3.05) is 11.4 Å². The number of fused-ring (bicyclic) bond motifs is 2. The third-order valence-electron chi connectivity index (χ3n) is 6.97. The Bertz CT molecular complexity index is 1830. The summed E-state index contributed by atoms with van der Waals surface area (Å²) in [5.41, 5.74) is 2.38. The Labute approximate surface area is 249 Å². The normalized spacial score (nSPS) is 15.4. The summed E-state index contributed by atoms with van der Waals surface area (Å²) in [5, 5.41) is 7.87. The Morgan fingerprint density at radius 3 is 2.64 bits per heavy atom. The number of halogens is 3. The molecule has 0 fully saturated rings. The number of carbonyl (C=O) groups excluding carboxylic acids is 2. The number of hydrogen-bond donors (Lipinski definition) is 1. The molecule has 7 nitrogen and oxygen atoms in total. The number of aryl methyl sites for hydroxylation is 1. The Hall–Kier alpha value is -4.41. The van der Waals surface area contributed by atoms with E-state index in [4.69, 9.17) is 11.6 Å². The molecule has 2 amide bonds. The van der Waals surface area contributed by atoms with Crippen LogP contribution in [0.2, 0.25) is 5.02 Å². The second-order valence-electron chi connectivity index (χ2n) is 9.85. The average Bonchev–Trinajstić information content (AvgIpc) is 3.58. The monoisotopic (exact) mass is 603 g/mol. The van der Waals surface area contributed by atoms with Crippen molar-refractivity contribution in [3.8, 4) is 5.69 Å². The van der Waals surface area contributed by atoms with Crippen LogP contribution in [0.15, 0.2) is 85.1 Å². The summed E-state index contributed by atoms with van der Waals surface area (Å²) in [6.07, 6.45) is 2.03. The molecule has 3 heterocycles. The summed E-state index contributed by atoms with van der Waals surface area (Å²) in [5.74, 6) is -4.57. The second kappa shape index (κ2) is 11.1. The molecule has 1 aliphatic rings. The molecule has 0 aliphatic carbocycles. The van der Waals surface area contributed by atoms with Gasteiger partial charge in [0, 0.05) is 36.4 Å². The van der Waals surface area contributed by atoms with E-state index < -0.39 is 29.7 Å². The quantitative estimate of drug-likeness (QED) is 0.223. The van der Waals surface area contributed by atoms with Crippen LogP contribution in [0.25, 0.3) is 21.5 Å². The minimum atomic E-state index is -3.37. The van der Waals surface area contributed by atoms with Crippen molar-refractivity contribution in [1.82, 2.24) is 20.1 Å². The number of aromatic nitrogens is 3. The fourth-order valence-corrected chi connectivity index (χ4v) is 6.06. The van der Waals surface area contributed by atoms with Crippen LogP contribution in [0.3, 0.4) is 0 Å². The zero-order chi connectivity index (χ0) is 29.4. The molecule has 0 spiro atoms. The van der Waals surface area contributed by atoms with Gasteiger partial charge in [0.15, 0.2) is 0 Å². The molecule has 6 rings (SSSR count). The molecule has 0 radical (unpaired) electrons. The van der Waals surface area contributed by atoms with E-state index in [1.807, 2.05) is 37.3 Å². The highest BCUT2D eigenvalue weighted by molar-refractivity contribution is 7.18. The van der Waals surface area contributed by atoms with Gasteiger partial charge in [-0.3, -0.25) is 9.59 Å². The van der Waals surface area contributed by atoms with Crippen LogP contribution in [0.1, 0.15) is 33.0 Å². The van der Waals surface area contributed by atoms with E-state index in [9.17, 15) is 9.59 Å². The number of nitrogens with zero attached hydrogens (tertiary/aromatic N) is 4. The van der Waals surface area contributed by atoms with Crippen molar-refractivity contribution in [1.29, 1.82) is 0 Å². The number of amides is 2. The van der Waals surface area contributed by atoms with Crippen molar-refractivity contribution in [3.63, 3.8) is 0 Å². The first-order valence-corrected chi connectivity index (χ1v) is 14.3. The smallest absolute Gasteiger partial charge is 0.275 e. The zero-order valence-electron chi connectivity index (χ0n) is 22.4. The molecule has 5 aromatic rings. The van der Waals surface area contributed by atoms with Crippen LogP contribution in [0, 0.1) is 6.92 Å². The van der Waals surface area contributed by atoms with Gasteiger partial charge in [0.25, 0.3) is 11.8 Å². The lowest BCUT2D eigenvalue weighted by Crippen LogP contribution is -2.33. The summed E-state index contributed by atoms with van der Waals surface area (Å²) in [4.78, 5) is 32.4. The molecular formula is C31H24ClF2N5O2S. The molecule has 11 heteroatoms. The molecule has 1 N–H and O–H groups in total. The number of allylic oxidation sites excluding steroid dienone is 1. The predicted molar refractivity (Wildman–Crippen MR) is 160 cm³/mol. The number of para-hydroxylation sites is 2. The lowest BCUT2D eigenvalue weighted by Gasteiger charge is -2.23. The second-order valence-corrected chi connectivity index (χ2v) is 11.4. The molecular weight excluding hydrogens is 580 g/mol. The third-order valence-corrected chi connectivity index (χ3v) is 8.32. The average molecular weight is 604 g/mol. The molecule has 0 bridgehead atoms. The van der Waals surface area contributed by atoms with Crippen LogP contribution < -0.4 is 10.2 Å². The Balaban J connectivity index is 1.28. The maximum Gasteiger partial charge on any atom is 0.275 e. The minimum absolute atomic E-state index is 0.100. The lowest BCUT2D eigenvalue weighted by molar-refractivity contribution is -0.116. The Morgan fingerprint density at radius 1 is 1.10 bits per heavy atom. The highest BCUT2D eigenvalue weighted by Crippen LogP contribution is 2.43. The van der Waals surface area contributed by atoms with Crippen molar-refractivity contribution in [2.24, 2.45) is 0 Å². The van der Waals surface area contributed by atoms with Crippen LogP contribution in [0.5, 0.6) is 0 Å². The van der Waals surface area contributed by atoms with E-state index in [2.05, 4.69) is 15.4 Å². The van der Waals surface area contributed by atoms with E-state index in [1.54, 1.807) is 47.3 Å². The minimum Gasteiger partial charge on any atom is -0.346 e. The number of anilines is 1. The van der Waals surface area contributed by atoms with Crippen molar-refractivity contribution in [2.45, 2.75) is 25.8 Å². The van der Waals surface area contributed by atoms with Gasteiger partial charge in [-0.15, -0.1) is 11.3 Å². The summed E-state index contributed by atoms with van der Waals surface area (Å²) >= 11 is 7.95. The van der Waals surface area contributed by atoms with Gasteiger partial charge < -0.3 is 10.2 Å². The number of thiazole rings is 1. The van der Waals surface area contributed by atoms with Crippen LogP contribution in [-0.4, -0.2) is 39.0 Å². The SMILES string of the molecule is Cc1ccn(-c2ccc(C(=O)N3CCC(F)(F)/C(=C\C(=O)NCc4nc5ccccc5s4)c4ccccc43)c(Cl)c2)n1. The zero-order valence-corrected chi connectivity index (χ0v) is 23.9. The number of rotatable bonds is 5. The third kappa shape index (κ3) is 5.43. The topological polar surface area (TPSA) is 80.1 Å². The number of hydrogen-bond acceptors (Lipinski definition) is 5. The molecule has 0 saturated heterocycles. The maximum atomic E-state index is 15.6. The van der Waals surface area contributed by atoms with Crippen LogP contribution >= 0.6 is 22.9 Å². The van der Waals surface area contributed by atoms with Gasteiger partial charge in [0.2, 0.25) is 5.91 Å². The standard InChI is InChI=1S/C31H24ClF2N5O2S/c1-19-12-14-39(37-19)20-10-11-22(24(32)16-20)30(41)38-15-13-31(33,34)23(21-6-2-4-8-26(21)38)17-28(40)35-18-29-36-25-7-3-5-9-27(25)42-29/h2-12,14,16-17H,13,15,18H2,1H3,(H,35,40)/b23-17-. The van der Waals surface area contributed by atoms with Gasteiger partial charge in [-0.1, -0.05) is 41.9 Å². The summed E-state index contributed by atoms with van der Waals surface area (Å²) in [6.45, 7) is 1.69. The predicted octanol–water partition coefficient (Wildman–Crippen LogP) is 6.83. The van der Waals surface area contributed by atoms with Crippen LogP contribution in [0.4, 0.5) is 14.5 Å². The highest BCUT2D eigenvalue weighted by atomic mass is 35.5. The molecule has 1 aliphatic heterocycles. The van der Waals surface area contributed by atoms with Gasteiger partial charge >= 0.3 is 0 Å². The molecule has 2 aromatic heterocycles. The lowest BCUT2D eigenvalue weighted by atomic mass is 9.97. The van der Waals surface area contributed by atoms with Crippen molar-refractivity contribution < 1.29 is 18.4 Å². The highest BCUT2D eigenvalue weighted by Gasteiger charge is 2.41. The molecule has 0 atom stereocenters. The van der Waals surface area contributed by atoms with Gasteiger partial charge in [0.1, 0.15) is 5.01 Å². The summed E-state index contributed by atoms with van der Waals surface area (Å²) in [6, 6.07) is 20.6. The Morgan fingerprint density at radius 2 is 1.88 bits per heavy atom. The van der Waals surface area contributed by atoms with E-state index in [1.165, 1.54) is 22.3 Å². The van der Waals surface area contributed by atoms with Crippen molar-refractivity contribution >= 4 is 56.2 Å². The molecule has 42 heavy (non-hydrogen) atoms. The van der Waals surface area contributed by atoms with E-state index in [-0.39, 0.29) is 34.9 Å². The molecule has 0 saturated carbocycles. The first-order chi connectivity index (χ1) is 20.2. The van der Waals surface area contributed by atoms with Gasteiger partial charge in [-0.25, -0.2) is 18.4 Å². The van der Waals surface area contributed by atoms with Crippen LogP contribution in [-0.2, 0) is 11.3 Å². The van der Waals surface area contributed by atoms with E-state index in [0.29, 0.717) is 10.7 Å². The summed E-state index contributed by atoms with van der Waals surface area (Å²) < 4.78 is 33.8. The number of benzene rings is 3. The van der Waals surface area contributed by atoms with Crippen molar-refractivity contribution in [3.05, 3.63) is 112 Å². The largest absolute Gasteiger partial charge is 0.346 e. The Kier molecular flexibility index (Phi) is 7.34. The molecule has 0 unspecified atom stereocenters.